The normalized spacial score (nSPS) is 37.4. The molecule has 0 aromatic rings. The SMILES string of the molecule is C=C1C(=O)OC2C(O)C(C)C(C=CC(C)=O)=CC(O)C12. The summed E-state index contributed by atoms with van der Waals surface area (Å²) >= 11 is 0. The first-order chi connectivity index (χ1) is 9.32. The lowest BCUT2D eigenvalue weighted by Gasteiger charge is -2.25. The van der Waals surface area contributed by atoms with Crippen LogP contribution in [0.5, 0.6) is 0 Å². The number of esters is 1. The maximum Gasteiger partial charge on any atom is 0.334 e. The summed E-state index contributed by atoms with van der Waals surface area (Å²) in [5, 5.41) is 20.5. The Balaban J connectivity index is 2.37. The first-order valence-electron chi connectivity index (χ1n) is 6.49. The Hall–Kier alpha value is -1.72. The van der Waals surface area contributed by atoms with E-state index in [1.165, 1.54) is 13.0 Å². The van der Waals surface area contributed by atoms with Crippen molar-refractivity contribution in [2.45, 2.75) is 32.2 Å². The lowest BCUT2D eigenvalue weighted by atomic mass is 9.87. The molecule has 2 rings (SSSR count). The summed E-state index contributed by atoms with van der Waals surface area (Å²) in [6, 6.07) is 0. The number of fused-ring (bicyclic) bond motifs is 1. The van der Waals surface area contributed by atoms with Crippen LogP contribution in [0.15, 0.2) is 36.0 Å². The second-order valence-corrected chi connectivity index (χ2v) is 5.30. The Morgan fingerprint density at radius 1 is 1.45 bits per heavy atom. The van der Waals surface area contributed by atoms with Crippen molar-refractivity contribution in [1.82, 2.24) is 0 Å². The number of carbonyl (C=O) groups is 2. The molecule has 5 heteroatoms. The number of hydrogen-bond acceptors (Lipinski definition) is 5. The third kappa shape index (κ3) is 2.46. The van der Waals surface area contributed by atoms with Crippen LogP contribution >= 0.6 is 0 Å². The van der Waals surface area contributed by atoms with E-state index in [2.05, 4.69) is 6.58 Å². The van der Waals surface area contributed by atoms with E-state index in [-0.39, 0.29) is 17.3 Å². The topological polar surface area (TPSA) is 83.8 Å². The number of ketones is 1. The van der Waals surface area contributed by atoms with Crippen LogP contribution in [0, 0.1) is 11.8 Å². The minimum absolute atomic E-state index is 0.123. The molecule has 0 spiro atoms. The van der Waals surface area contributed by atoms with E-state index in [0.29, 0.717) is 5.57 Å². The van der Waals surface area contributed by atoms with Crippen molar-refractivity contribution in [3.8, 4) is 0 Å². The van der Waals surface area contributed by atoms with Gasteiger partial charge in [0.05, 0.1) is 18.1 Å². The fourth-order valence-corrected chi connectivity index (χ4v) is 2.64. The van der Waals surface area contributed by atoms with Crippen LogP contribution in [-0.2, 0) is 14.3 Å². The molecule has 0 aromatic heterocycles. The van der Waals surface area contributed by atoms with Crippen molar-refractivity contribution in [1.29, 1.82) is 0 Å². The lowest BCUT2D eigenvalue weighted by molar-refractivity contribution is -0.145. The van der Waals surface area contributed by atoms with E-state index in [1.54, 1.807) is 19.1 Å². The molecule has 0 aromatic carbocycles. The molecule has 1 fully saturated rings. The number of aliphatic hydroxyl groups is 2. The summed E-state index contributed by atoms with van der Waals surface area (Å²) in [5.74, 6) is -1.72. The fraction of sp³-hybridized carbons (Fsp3) is 0.467. The summed E-state index contributed by atoms with van der Waals surface area (Å²) in [4.78, 5) is 22.5. The highest BCUT2D eigenvalue weighted by Gasteiger charge is 2.49. The molecule has 5 atom stereocenters. The maximum absolute atomic E-state index is 11.5. The molecule has 0 saturated carbocycles. The van der Waals surface area contributed by atoms with Crippen molar-refractivity contribution in [3.05, 3.63) is 36.0 Å². The van der Waals surface area contributed by atoms with Crippen LogP contribution in [-0.4, -0.2) is 40.3 Å². The van der Waals surface area contributed by atoms with Gasteiger partial charge in [-0.15, -0.1) is 0 Å². The van der Waals surface area contributed by atoms with Gasteiger partial charge in [-0.2, -0.15) is 0 Å². The van der Waals surface area contributed by atoms with E-state index >= 15 is 0 Å². The van der Waals surface area contributed by atoms with Gasteiger partial charge in [-0.25, -0.2) is 4.79 Å². The Labute approximate surface area is 117 Å². The van der Waals surface area contributed by atoms with E-state index in [9.17, 15) is 19.8 Å². The van der Waals surface area contributed by atoms with Gasteiger partial charge in [0, 0.05) is 11.5 Å². The molecule has 1 heterocycles. The molecule has 5 unspecified atom stereocenters. The highest BCUT2D eigenvalue weighted by atomic mass is 16.6. The first kappa shape index (κ1) is 14.7. The van der Waals surface area contributed by atoms with E-state index in [0.717, 1.165) is 0 Å². The second kappa shape index (κ2) is 5.34. The molecular weight excluding hydrogens is 260 g/mol. The molecule has 2 aliphatic rings. The summed E-state index contributed by atoms with van der Waals surface area (Å²) in [5.41, 5.74) is 0.806. The zero-order valence-corrected chi connectivity index (χ0v) is 11.4. The number of rotatable bonds is 2. The summed E-state index contributed by atoms with van der Waals surface area (Å²) < 4.78 is 5.11. The van der Waals surface area contributed by atoms with Gasteiger partial charge in [0.25, 0.3) is 0 Å². The van der Waals surface area contributed by atoms with Crippen LogP contribution < -0.4 is 0 Å². The van der Waals surface area contributed by atoms with Gasteiger partial charge in [-0.1, -0.05) is 25.7 Å². The molecule has 5 nitrogen and oxygen atoms in total. The van der Waals surface area contributed by atoms with Crippen molar-refractivity contribution >= 4 is 11.8 Å². The standard InChI is InChI=1S/C15H18O5/c1-7(16)4-5-10-6-11(17)12-9(3)15(19)20-14(12)13(18)8(10)2/h4-6,8,11-14,17-18H,3H2,1-2H3. The van der Waals surface area contributed by atoms with Gasteiger partial charge in [0.1, 0.15) is 6.10 Å². The Morgan fingerprint density at radius 3 is 2.70 bits per heavy atom. The molecule has 0 bridgehead atoms. The first-order valence-corrected chi connectivity index (χ1v) is 6.49. The highest BCUT2D eigenvalue weighted by molar-refractivity contribution is 5.91. The third-order valence-electron chi connectivity index (χ3n) is 3.88. The fourth-order valence-electron chi connectivity index (χ4n) is 2.64. The number of aliphatic hydroxyl groups excluding tert-OH is 2. The molecule has 0 radical (unpaired) electrons. The number of ether oxygens (including phenoxy) is 1. The van der Waals surface area contributed by atoms with Crippen LogP contribution in [0.4, 0.5) is 0 Å². The molecular formula is C15H18O5. The summed E-state index contributed by atoms with van der Waals surface area (Å²) in [6.07, 6.45) is 1.76. The second-order valence-electron chi connectivity index (χ2n) is 5.30. The maximum atomic E-state index is 11.5. The van der Waals surface area contributed by atoms with Crippen LogP contribution in [0.3, 0.4) is 0 Å². The van der Waals surface area contributed by atoms with Crippen molar-refractivity contribution in [3.63, 3.8) is 0 Å². The minimum Gasteiger partial charge on any atom is -0.455 e. The van der Waals surface area contributed by atoms with Crippen molar-refractivity contribution < 1.29 is 24.5 Å². The zero-order chi connectivity index (χ0) is 15.0. The predicted molar refractivity (Wildman–Crippen MR) is 71.6 cm³/mol. The van der Waals surface area contributed by atoms with E-state index in [1.807, 2.05) is 0 Å². The van der Waals surface area contributed by atoms with Gasteiger partial charge < -0.3 is 14.9 Å². The van der Waals surface area contributed by atoms with Crippen LogP contribution in [0.1, 0.15) is 13.8 Å². The Bertz CT molecular complexity index is 516. The molecule has 108 valence electrons. The quantitative estimate of drug-likeness (QED) is 0.568. The lowest BCUT2D eigenvalue weighted by Crippen LogP contribution is -2.38. The van der Waals surface area contributed by atoms with E-state index < -0.39 is 30.2 Å². The third-order valence-corrected chi connectivity index (χ3v) is 3.88. The summed E-state index contributed by atoms with van der Waals surface area (Å²) in [6.45, 7) is 6.80. The zero-order valence-electron chi connectivity index (χ0n) is 11.4. The van der Waals surface area contributed by atoms with Crippen molar-refractivity contribution in [2.24, 2.45) is 11.8 Å². The van der Waals surface area contributed by atoms with Gasteiger partial charge in [-0.3, -0.25) is 4.79 Å². The molecule has 0 amide bonds. The predicted octanol–water partition coefficient (Wildman–Crippen LogP) is 0.527. The minimum atomic E-state index is -0.981. The molecule has 1 aliphatic carbocycles. The van der Waals surface area contributed by atoms with Gasteiger partial charge >= 0.3 is 5.97 Å². The highest BCUT2D eigenvalue weighted by Crippen LogP contribution is 2.38. The number of carbonyl (C=O) groups excluding carboxylic acids is 2. The monoisotopic (exact) mass is 278 g/mol. The number of allylic oxidation sites excluding steroid dienone is 2. The molecule has 20 heavy (non-hydrogen) atoms. The van der Waals surface area contributed by atoms with Crippen LogP contribution in [0.25, 0.3) is 0 Å². The van der Waals surface area contributed by atoms with Gasteiger partial charge in [0.15, 0.2) is 5.78 Å². The van der Waals surface area contributed by atoms with Gasteiger partial charge in [-0.05, 0) is 18.6 Å². The molecule has 1 aliphatic heterocycles. The Kier molecular flexibility index (Phi) is 3.92. The van der Waals surface area contributed by atoms with Crippen molar-refractivity contribution in [2.75, 3.05) is 0 Å². The van der Waals surface area contributed by atoms with Crippen LogP contribution in [0.2, 0.25) is 0 Å². The van der Waals surface area contributed by atoms with E-state index in [4.69, 9.17) is 4.74 Å². The Morgan fingerprint density at radius 2 is 2.10 bits per heavy atom. The molecule has 1 saturated heterocycles. The smallest absolute Gasteiger partial charge is 0.334 e. The van der Waals surface area contributed by atoms with Gasteiger partial charge in [0.2, 0.25) is 0 Å². The largest absolute Gasteiger partial charge is 0.455 e. The number of hydrogen-bond donors (Lipinski definition) is 2. The average molecular weight is 278 g/mol. The summed E-state index contributed by atoms with van der Waals surface area (Å²) in [7, 11) is 0. The molecule has 2 N–H and O–H groups in total. The average Bonchev–Trinajstić information content (AvgIpc) is 2.64.